The summed E-state index contributed by atoms with van der Waals surface area (Å²) in [5, 5.41) is 12.5. The zero-order chi connectivity index (χ0) is 9.68. The van der Waals surface area contributed by atoms with Gasteiger partial charge in [0.2, 0.25) is 0 Å². The van der Waals surface area contributed by atoms with Gasteiger partial charge in [-0.15, -0.1) is 0 Å². The molecule has 0 aliphatic rings. The summed E-state index contributed by atoms with van der Waals surface area (Å²) < 4.78 is 4.99. The Balaban J connectivity index is 2.75. The van der Waals surface area contributed by atoms with Gasteiger partial charge in [0.25, 0.3) is 0 Å². The van der Waals surface area contributed by atoms with E-state index in [0.29, 0.717) is 12.3 Å². The highest BCUT2D eigenvalue weighted by Crippen LogP contribution is 2.16. The van der Waals surface area contributed by atoms with E-state index in [1.54, 1.807) is 32.6 Å². The molecule has 0 saturated carbocycles. The molecule has 0 fully saturated rings. The maximum atomic E-state index is 9.58. The van der Waals surface area contributed by atoms with Crippen LogP contribution in [0, 0.1) is 0 Å². The summed E-state index contributed by atoms with van der Waals surface area (Å²) >= 11 is 0. The van der Waals surface area contributed by atoms with Gasteiger partial charge in [-0.05, 0) is 13.1 Å². The Bertz CT molecular complexity index is 266. The van der Waals surface area contributed by atoms with Crippen molar-refractivity contribution < 1.29 is 9.84 Å². The van der Waals surface area contributed by atoms with Crippen LogP contribution in [0.25, 0.3) is 0 Å². The van der Waals surface area contributed by atoms with Crippen LogP contribution in [0.5, 0.6) is 5.75 Å². The summed E-state index contributed by atoms with van der Waals surface area (Å²) in [7, 11) is 3.36. The van der Waals surface area contributed by atoms with Crippen molar-refractivity contribution in [3.63, 3.8) is 0 Å². The number of likely N-dealkylation sites (N-methyl/N-ethyl adjacent to an activating group) is 1. The van der Waals surface area contributed by atoms with Gasteiger partial charge in [-0.1, -0.05) is 0 Å². The van der Waals surface area contributed by atoms with Crippen molar-refractivity contribution in [3.8, 4) is 5.75 Å². The van der Waals surface area contributed by atoms with E-state index in [1.165, 1.54) is 0 Å². The molecule has 1 unspecified atom stereocenters. The van der Waals surface area contributed by atoms with Gasteiger partial charge in [-0.3, -0.25) is 4.98 Å². The second-order valence-electron chi connectivity index (χ2n) is 2.73. The number of aromatic nitrogens is 1. The number of pyridine rings is 1. The third-order valence-corrected chi connectivity index (χ3v) is 1.75. The van der Waals surface area contributed by atoms with E-state index in [9.17, 15) is 5.11 Å². The summed E-state index contributed by atoms with van der Waals surface area (Å²) in [6.07, 6.45) is 2.70. The number of rotatable bonds is 4. The first-order chi connectivity index (χ1) is 6.27. The predicted octanol–water partition coefficient (Wildman–Crippen LogP) is 0.343. The van der Waals surface area contributed by atoms with Gasteiger partial charge < -0.3 is 15.2 Å². The van der Waals surface area contributed by atoms with Gasteiger partial charge in [-0.2, -0.15) is 0 Å². The van der Waals surface area contributed by atoms with E-state index in [1.807, 2.05) is 0 Å². The van der Waals surface area contributed by atoms with E-state index in [-0.39, 0.29) is 0 Å². The van der Waals surface area contributed by atoms with Crippen molar-refractivity contribution in [2.45, 2.75) is 6.10 Å². The third kappa shape index (κ3) is 2.68. The normalized spacial score (nSPS) is 12.5. The Morgan fingerprint density at radius 1 is 1.62 bits per heavy atom. The van der Waals surface area contributed by atoms with Crippen molar-refractivity contribution in [1.82, 2.24) is 10.3 Å². The number of aliphatic hydroxyl groups excluding tert-OH is 1. The zero-order valence-electron chi connectivity index (χ0n) is 7.82. The fraction of sp³-hybridized carbons (Fsp3) is 0.444. The average Bonchev–Trinajstić information content (AvgIpc) is 2.18. The first-order valence-electron chi connectivity index (χ1n) is 4.09. The molecule has 0 aromatic carbocycles. The summed E-state index contributed by atoms with van der Waals surface area (Å²) in [5.74, 6) is 0.660. The minimum Gasteiger partial charge on any atom is -0.495 e. The molecule has 4 nitrogen and oxygen atoms in total. The second-order valence-corrected chi connectivity index (χ2v) is 2.73. The van der Waals surface area contributed by atoms with E-state index in [2.05, 4.69) is 10.3 Å². The van der Waals surface area contributed by atoms with Gasteiger partial charge in [0, 0.05) is 18.3 Å². The minimum atomic E-state index is -0.535. The number of aliphatic hydroxyl groups is 1. The lowest BCUT2D eigenvalue weighted by Gasteiger charge is -2.10. The van der Waals surface area contributed by atoms with Crippen molar-refractivity contribution in [1.29, 1.82) is 0 Å². The van der Waals surface area contributed by atoms with Gasteiger partial charge in [-0.25, -0.2) is 0 Å². The number of hydrogen-bond acceptors (Lipinski definition) is 4. The van der Waals surface area contributed by atoms with Crippen LogP contribution in [0.15, 0.2) is 18.5 Å². The van der Waals surface area contributed by atoms with Crippen LogP contribution < -0.4 is 10.1 Å². The molecule has 0 aliphatic heterocycles. The topological polar surface area (TPSA) is 54.4 Å². The van der Waals surface area contributed by atoms with E-state index in [4.69, 9.17) is 4.74 Å². The molecule has 1 rings (SSSR count). The highest BCUT2D eigenvalue weighted by atomic mass is 16.5. The number of nitrogens with zero attached hydrogens (tertiary/aromatic N) is 1. The SMILES string of the molecule is CNCC(O)c1cncc(OC)c1. The zero-order valence-corrected chi connectivity index (χ0v) is 7.82. The van der Waals surface area contributed by atoms with Crippen molar-refractivity contribution >= 4 is 0 Å². The Labute approximate surface area is 77.6 Å². The molecular formula is C9H14N2O2. The maximum absolute atomic E-state index is 9.58. The second kappa shape index (κ2) is 4.79. The van der Waals surface area contributed by atoms with Gasteiger partial charge in [0.05, 0.1) is 19.4 Å². The molecule has 0 aliphatic carbocycles. The predicted molar refractivity (Wildman–Crippen MR) is 49.7 cm³/mol. The summed E-state index contributed by atoms with van der Waals surface area (Å²) in [4.78, 5) is 3.95. The molecule has 1 atom stereocenters. The molecule has 1 aromatic rings. The van der Waals surface area contributed by atoms with Crippen LogP contribution in [0.2, 0.25) is 0 Å². The highest BCUT2D eigenvalue weighted by molar-refractivity contribution is 5.25. The summed E-state index contributed by atoms with van der Waals surface area (Å²) in [6, 6.07) is 1.77. The molecule has 1 heterocycles. The first kappa shape index (κ1) is 9.95. The molecule has 0 radical (unpaired) electrons. The Morgan fingerprint density at radius 2 is 2.38 bits per heavy atom. The van der Waals surface area contributed by atoms with Gasteiger partial charge >= 0.3 is 0 Å². The van der Waals surface area contributed by atoms with Gasteiger partial charge in [0.15, 0.2) is 0 Å². The molecular weight excluding hydrogens is 168 g/mol. The van der Waals surface area contributed by atoms with Crippen molar-refractivity contribution in [2.24, 2.45) is 0 Å². The summed E-state index contributed by atoms with van der Waals surface area (Å²) in [5.41, 5.74) is 0.758. The van der Waals surface area contributed by atoms with Crippen LogP contribution in [0.3, 0.4) is 0 Å². The summed E-state index contributed by atoms with van der Waals surface area (Å²) in [6.45, 7) is 0.509. The maximum Gasteiger partial charge on any atom is 0.137 e. The number of ether oxygens (including phenoxy) is 1. The Hall–Kier alpha value is -1.13. The molecule has 0 bridgehead atoms. The number of nitrogens with one attached hydrogen (secondary N) is 1. The van der Waals surface area contributed by atoms with Gasteiger partial charge in [0.1, 0.15) is 5.75 Å². The Morgan fingerprint density at radius 3 is 3.00 bits per heavy atom. The minimum absolute atomic E-state index is 0.509. The van der Waals surface area contributed by atoms with Crippen LogP contribution >= 0.6 is 0 Å². The number of methoxy groups -OCH3 is 1. The molecule has 13 heavy (non-hydrogen) atoms. The third-order valence-electron chi connectivity index (χ3n) is 1.75. The number of hydrogen-bond donors (Lipinski definition) is 2. The highest BCUT2D eigenvalue weighted by Gasteiger charge is 2.06. The van der Waals surface area contributed by atoms with Crippen LogP contribution in [0.4, 0.5) is 0 Å². The fourth-order valence-electron chi connectivity index (χ4n) is 1.04. The Kier molecular flexibility index (Phi) is 3.67. The molecule has 0 amide bonds. The smallest absolute Gasteiger partial charge is 0.137 e. The molecule has 72 valence electrons. The van der Waals surface area contributed by atoms with E-state index in [0.717, 1.165) is 5.56 Å². The lowest BCUT2D eigenvalue weighted by molar-refractivity contribution is 0.177. The molecule has 2 N–H and O–H groups in total. The fourth-order valence-corrected chi connectivity index (χ4v) is 1.04. The monoisotopic (exact) mass is 182 g/mol. The molecule has 0 spiro atoms. The standard InChI is InChI=1S/C9H14N2O2/c1-10-6-9(12)7-3-8(13-2)5-11-4-7/h3-5,9-10,12H,6H2,1-2H3. The lowest BCUT2D eigenvalue weighted by Crippen LogP contribution is -2.16. The van der Waals surface area contributed by atoms with Crippen LogP contribution in [-0.2, 0) is 0 Å². The first-order valence-corrected chi connectivity index (χ1v) is 4.09. The van der Waals surface area contributed by atoms with E-state index >= 15 is 0 Å². The quantitative estimate of drug-likeness (QED) is 0.705. The lowest BCUT2D eigenvalue weighted by atomic mass is 10.1. The molecule has 4 heteroatoms. The van der Waals surface area contributed by atoms with Crippen LogP contribution in [0.1, 0.15) is 11.7 Å². The van der Waals surface area contributed by atoms with Crippen molar-refractivity contribution in [3.05, 3.63) is 24.0 Å². The van der Waals surface area contributed by atoms with Crippen molar-refractivity contribution in [2.75, 3.05) is 20.7 Å². The largest absolute Gasteiger partial charge is 0.495 e. The van der Waals surface area contributed by atoms with Crippen LogP contribution in [-0.4, -0.2) is 30.8 Å². The molecule has 0 saturated heterocycles. The van der Waals surface area contributed by atoms with E-state index < -0.39 is 6.10 Å². The molecule has 1 aromatic heterocycles. The average molecular weight is 182 g/mol.